The summed E-state index contributed by atoms with van der Waals surface area (Å²) in [5.41, 5.74) is 2.23. The van der Waals surface area contributed by atoms with E-state index in [0.717, 1.165) is 11.1 Å². The van der Waals surface area contributed by atoms with Crippen LogP contribution in [0.3, 0.4) is 0 Å². The summed E-state index contributed by atoms with van der Waals surface area (Å²) in [5.74, 6) is 0.505. The monoisotopic (exact) mass is 469 g/mol. The van der Waals surface area contributed by atoms with Crippen LogP contribution >= 0.6 is 11.3 Å². The second-order valence-electron chi connectivity index (χ2n) is 7.49. The molecule has 9 heteroatoms. The van der Waals surface area contributed by atoms with E-state index < -0.39 is 11.9 Å². The number of anilines is 1. The van der Waals surface area contributed by atoms with Gasteiger partial charge < -0.3 is 25.0 Å². The minimum atomic E-state index is -0.453. The zero-order chi connectivity index (χ0) is 23.4. The number of benzene rings is 2. The van der Waals surface area contributed by atoms with Crippen LogP contribution in [0, 0.1) is 5.82 Å². The van der Waals surface area contributed by atoms with Crippen LogP contribution in [0.2, 0.25) is 0 Å². The molecule has 0 aliphatic carbocycles. The average Bonchev–Trinajstić information content (AvgIpc) is 3.36. The molecule has 1 aliphatic rings. The smallest absolute Gasteiger partial charge is 0.322 e. The van der Waals surface area contributed by atoms with Crippen LogP contribution < -0.4 is 20.1 Å². The Balaban J connectivity index is 1.63. The van der Waals surface area contributed by atoms with Crippen molar-refractivity contribution in [2.45, 2.75) is 12.5 Å². The van der Waals surface area contributed by atoms with Gasteiger partial charge in [-0.15, -0.1) is 11.3 Å². The molecule has 0 spiro atoms. The molecule has 172 valence electrons. The van der Waals surface area contributed by atoms with E-state index in [0.29, 0.717) is 35.0 Å². The molecule has 0 unspecified atom stereocenters. The third-order valence-corrected chi connectivity index (χ3v) is 6.41. The molecule has 3 aromatic rings. The molecule has 3 amide bonds. The first-order valence-electron chi connectivity index (χ1n) is 10.4. The highest BCUT2D eigenvalue weighted by molar-refractivity contribution is 7.12. The van der Waals surface area contributed by atoms with Gasteiger partial charge in [0.2, 0.25) is 0 Å². The summed E-state index contributed by atoms with van der Waals surface area (Å²) in [6, 6.07) is 12.2. The number of hydrogen-bond acceptors (Lipinski definition) is 5. The van der Waals surface area contributed by atoms with Gasteiger partial charge in [0, 0.05) is 18.8 Å². The molecule has 2 N–H and O–H groups in total. The molecule has 4 rings (SSSR count). The summed E-state index contributed by atoms with van der Waals surface area (Å²) in [7, 11) is 3.12. The van der Waals surface area contributed by atoms with Crippen LogP contribution in [0.4, 0.5) is 14.9 Å². The van der Waals surface area contributed by atoms with Gasteiger partial charge in [0.25, 0.3) is 5.91 Å². The molecule has 0 saturated heterocycles. The molecule has 0 saturated carbocycles. The Hall–Kier alpha value is -3.59. The predicted octanol–water partition coefficient (Wildman–Crippen LogP) is 4.47. The highest BCUT2D eigenvalue weighted by atomic mass is 32.1. The van der Waals surface area contributed by atoms with E-state index in [9.17, 15) is 14.0 Å². The summed E-state index contributed by atoms with van der Waals surface area (Å²) in [4.78, 5) is 28.0. The van der Waals surface area contributed by atoms with Crippen LogP contribution in [-0.4, -0.2) is 44.1 Å². The van der Waals surface area contributed by atoms with E-state index in [1.54, 1.807) is 31.3 Å². The van der Waals surface area contributed by atoms with Gasteiger partial charge in [-0.1, -0.05) is 12.1 Å². The fourth-order valence-electron chi connectivity index (χ4n) is 3.94. The number of amides is 3. The first-order chi connectivity index (χ1) is 16.0. The van der Waals surface area contributed by atoms with Crippen LogP contribution in [-0.2, 0) is 6.42 Å². The maximum Gasteiger partial charge on any atom is 0.322 e. The number of thiophene rings is 1. The van der Waals surface area contributed by atoms with Crippen molar-refractivity contribution < 1.29 is 23.5 Å². The first-order valence-corrected chi connectivity index (χ1v) is 11.3. The fourth-order valence-corrected chi connectivity index (χ4v) is 4.58. The van der Waals surface area contributed by atoms with E-state index >= 15 is 0 Å². The Morgan fingerprint density at radius 1 is 1.12 bits per heavy atom. The lowest BCUT2D eigenvalue weighted by Crippen LogP contribution is -2.46. The number of fused-ring (bicyclic) bond motifs is 1. The second kappa shape index (κ2) is 9.91. The van der Waals surface area contributed by atoms with Gasteiger partial charge in [-0.3, -0.25) is 4.79 Å². The molecule has 0 radical (unpaired) electrons. The Morgan fingerprint density at radius 3 is 2.61 bits per heavy atom. The van der Waals surface area contributed by atoms with E-state index in [4.69, 9.17) is 9.47 Å². The molecule has 2 heterocycles. The molecule has 1 atom stereocenters. The third-order valence-electron chi connectivity index (χ3n) is 5.54. The van der Waals surface area contributed by atoms with Crippen LogP contribution in [0.15, 0.2) is 53.9 Å². The van der Waals surface area contributed by atoms with Gasteiger partial charge in [-0.2, -0.15) is 0 Å². The molecule has 0 bridgehead atoms. The number of carbonyl (C=O) groups is 2. The lowest BCUT2D eigenvalue weighted by molar-refractivity contribution is 0.0940. The zero-order valence-corrected chi connectivity index (χ0v) is 19.1. The maximum absolute atomic E-state index is 13.6. The lowest BCUT2D eigenvalue weighted by Gasteiger charge is -2.37. The predicted molar refractivity (Wildman–Crippen MR) is 125 cm³/mol. The summed E-state index contributed by atoms with van der Waals surface area (Å²) in [6.45, 7) is 0.624. The minimum absolute atomic E-state index is 0.204. The quantitative estimate of drug-likeness (QED) is 0.559. The van der Waals surface area contributed by atoms with E-state index in [1.165, 1.54) is 29.5 Å². The van der Waals surface area contributed by atoms with Gasteiger partial charge in [-0.25, -0.2) is 9.18 Å². The minimum Gasteiger partial charge on any atom is -0.493 e. The van der Waals surface area contributed by atoms with Crippen molar-refractivity contribution in [3.63, 3.8) is 0 Å². The molecule has 0 fully saturated rings. The molecule has 1 aliphatic heterocycles. The normalized spacial score (nSPS) is 14.9. The van der Waals surface area contributed by atoms with Crippen molar-refractivity contribution in [2.75, 3.05) is 32.6 Å². The van der Waals surface area contributed by atoms with Crippen molar-refractivity contribution in [2.24, 2.45) is 0 Å². The van der Waals surface area contributed by atoms with Crippen molar-refractivity contribution in [3.05, 3.63) is 75.7 Å². The SMILES string of the molecule is COc1cc2c(cc1OC)[C@H](CNC(=O)c1cccs1)N(C(=O)Nc1cccc(F)c1)CC2. The summed E-state index contributed by atoms with van der Waals surface area (Å²) < 4.78 is 24.5. The highest BCUT2D eigenvalue weighted by Crippen LogP contribution is 2.38. The molecule has 2 aromatic carbocycles. The molecule has 7 nitrogen and oxygen atoms in total. The average molecular weight is 470 g/mol. The second-order valence-corrected chi connectivity index (χ2v) is 8.44. The number of ether oxygens (including phenoxy) is 2. The number of carbonyl (C=O) groups excluding carboxylic acids is 2. The number of halogens is 1. The van der Waals surface area contributed by atoms with Gasteiger partial charge in [0.1, 0.15) is 5.82 Å². The van der Waals surface area contributed by atoms with Crippen molar-refractivity contribution in [3.8, 4) is 11.5 Å². The molecular weight excluding hydrogens is 445 g/mol. The third kappa shape index (κ3) is 4.93. The van der Waals surface area contributed by atoms with Crippen LogP contribution in [0.1, 0.15) is 26.8 Å². The van der Waals surface area contributed by atoms with Gasteiger partial charge >= 0.3 is 6.03 Å². The standard InChI is InChI=1S/C24H24FN3O4S/c1-31-20-11-15-8-9-28(24(30)27-17-6-3-5-16(25)12-17)19(18(15)13-21(20)32-2)14-26-23(29)22-7-4-10-33-22/h3-7,10-13,19H,8-9,14H2,1-2H3,(H,26,29)(H,27,30)/t19-/m0/s1. The van der Waals surface area contributed by atoms with Gasteiger partial charge in [-0.05, 0) is 59.3 Å². The first kappa shape index (κ1) is 22.6. The van der Waals surface area contributed by atoms with Crippen LogP contribution in [0.25, 0.3) is 0 Å². The van der Waals surface area contributed by atoms with Crippen molar-refractivity contribution >= 4 is 29.0 Å². The van der Waals surface area contributed by atoms with Gasteiger partial charge in [0.05, 0.1) is 25.1 Å². The Kier molecular flexibility index (Phi) is 6.79. The van der Waals surface area contributed by atoms with E-state index in [2.05, 4.69) is 10.6 Å². The van der Waals surface area contributed by atoms with E-state index in [-0.39, 0.29) is 18.5 Å². The van der Waals surface area contributed by atoms with Crippen molar-refractivity contribution in [1.29, 1.82) is 0 Å². The number of nitrogens with one attached hydrogen (secondary N) is 2. The molecule has 1 aromatic heterocycles. The zero-order valence-electron chi connectivity index (χ0n) is 18.3. The van der Waals surface area contributed by atoms with Crippen molar-refractivity contribution in [1.82, 2.24) is 10.2 Å². The lowest BCUT2D eigenvalue weighted by atomic mass is 9.91. The summed E-state index contributed by atoms with van der Waals surface area (Å²) in [5, 5.41) is 7.53. The summed E-state index contributed by atoms with van der Waals surface area (Å²) >= 11 is 1.35. The molecular formula is C24H24FN3O4S. The molecule has 33 heavy (non-hydrogen) atoms. The summed E-state index contributed by atoms with van der Waals surface area (Å²) in [6.07, 6.45) is 0.599. The fraction of sp³-hybridized carbons (Fsp3) is 0.250. The van der Waals surface area contributed by atoms with E-state index in [1.807, 2.05) is 23.6 Å². The number of hydrogen-bond donors (Lipinski definition) is 2. The Labute approximate surface area is 195 Å². The maximum atomic E-state index is 13.6. The Bertz CT molecular complexity index is 1150. The Morgan fingerprint density at radius 2 is 1.91 bits per heavy atom. The van der Waals surface area contributed by atoms with Crippen LogP contribution in [0.5, 0.6) is 11.5 Å². The largest absolute Gasteiger partial charge is 0.493 e. The topological polar surface area (TPSA) is 79.9 Å². The number of urea groups is 1. The number of nitrogens with zero attached hydrogens (tertiary/aromatic N) is 1. The highest BCUT2D eigenvalue weighted by Gasteiger charge is 2.33. The van der Waals surface area contributed by atoms with Gasteiger partial charge in [0.15, 0.2) is 11.5 Å². The number of rotatable bonds is 6. The number of methoxy groups -OCH3 is 2.